The fourth-order valence-electron chi connectivity index (χ4n) is 2.74. The summed E-state index contributed by atoms with van der Waals surface area (Å²) in [6, 6.07) is 18.7. The molecule has 1 N–H and O–H groups in total. The van der Waals surface area contributed by atoms with Crippen molar-refractivity contribution in [1.29, 1.82) is 0 Å². The fourth-order valence-corrected chi connectivity index (χ4v) is 3.02. The largest absolute Gasteiger partial charge is 0.490 e. The lowest BCUT2D eigenvalue weighted by Gasteiger charge is -2.14. The molecular weight excluding hydrogens is 435 g/mol. The molecule has 0 aromatic heterocycles. The van der Waals surface area contributed by atoms with Crippen molar-refractivity contribution in [2.75, 3.05) is 18.5 Å². The van der Waals surface area contributed by atoms with Gasteiger partial charge in [0.15, 0.2) is 18.1 Å². The van der Waals surface area contributed by atoms with Gasteiger partial charge in [-0.1, -0.05) is 53.2 Å². The molecule has 3 aromatic rings. The molecular formula is C24H22ClFN2O4. The van der Waals surface area contributed by atoms with E-state index in [1.54, 1.807) is 42.5 Å². The second kappa shape index (κ2) is 11.7. The Morgan fingerprint density at radius 1 is 1.09 bits per heavy atom. The van der Waals surface area contributed by atoms with Crippen LogP contribution in [0.3, 0.4) is 0 Å². The first kappa shape index (κ1) is 23.1. The summed E-state index contributed by atoms with van der Waals surface area (Å²) in [5, 5.41) is 6.78. The lowest BCUT2D eigenvalue weighted by atomic mass is 10.2. The normalized spacial score (nSPS) is 10.7. The third-order valence-electron chi connectivity index (χ3n) is 4.19. The summed E-state index contributed by atoms with van der Waals surface area (Å²) < 4.78 is 25.2. The number of hydrogen-bond donors (Lipinski definition) is 1. The minimum absolute atomic E-state index is 0.000456. The number of rotatable bonds is 10. The zero-order valence-electron chi connectivity index (χ0n) is 17.4. The number of halogens is 2. The number of ether oxygens (including phenoxy) is 2. The first-order valence-corrected chi connectivity index (χ1v) is 10.3. The minimum Gasteiger partial charge on any atom is -0.490 e. The third-order valence-corrected chi connectivity index (χ3v) is 4.47. The van der Waals surface area contributed by atoms with Crippen LogP contribution in [0.15, 0.2) is 71.9 Å². The predicted octanol–water partition coefficient (Wildman–Crippen LogP) is 5.45. The van der Waals surface area contributed by atoms with Crippen LogP contribution < -0.4 is 14.8 Å². The van der Waals surface area contributed by atoms with Crippen LogP contribution in [0.1, 0.15) is 18.1 Å². The molecule has 3 rings (SSSR count). The molecule has 0 spiro atoms. The van der Waals surface area contributed by atoms with Gasteiger partial charge in [-0.3, -0.25) is 4.79 Å². The molecule has 3 aromatic carbocycles. The molecule has 0 heterocycles. The van der Waals surface area contributed by atoms with E-state index in [0.29, 0.717) is 34.9 Å². The van der Waals surface area contributed by atoms with Crippen LogP contribution in [0.5, 0.6) is 11.5 Å². The van der Waals surface area contributed by atoms with Crippen molar-refractivity contribution in [1.82, 2.24) is 0 Å². The highest BCUT2D eigenvalue weighted by Crippen LogP contribution is 2.37. The smallest absolute Gasteiger partial charge is 0.265 e. The molecule has 0 aliphatic carbocycles. The monoisotopic (exact) mass is 456 g/mol. The summed E-state index contributed by atoms with van der Waals surface area (Å²) in [7, 11) is 0. The van der Waals surface area contributed by atoms with E-state index < -0.39 is 0 Å². The Bertz CT molecular complexity index is 1080. The average Bonchev–Trinajstić information content (AvgIpc) is 2.78. The van der Waals surface area contributed by atoms with Gasteiger partial charge in [-0.2, -0.15) is 0 Å². The summed E-state index contributed by atoms with van der Waals surface area (Å²) in [5.74, 6) is -0.00578. The molecule has 6 nitrogen and oxygen atoms in total. The summed E-state index contributed by atoms with van der Waals surface area (Å²) in [6.45, 7) is 1.95. The SMILES string of the molecule is CCOc1cc(C=NOCC(=O)Nc2ccccc2)cc(Cl)c1OCc1ccccc1F. The Morgan fingerprint density at radius 2 is 1.84 bits per heavy atom. The predicted molar refractivity (Wildman–Crippen MR) is 122 cm³/mol. The zero-order chi connectivity index (χ0) is 22.8. The number of para-hydroxylation sites is 1. The quantitative estimate of drug-likeness (QED) is 0.325. The van der Waals surface area contributed by atoms with Crippen molar-refractivity contribution in [3.63, 3.8) is 0 Å². The summed E-state index contributed by atoms with van der Waals surface area (Å²) in [5.41, 5.74) is 1.66. The minimum atomic E-state index is -0.362. The van der Waals surface area contributed by atoms with Crippen LogP contribution in [0, 0.1) is 5.82 Å². The number of hydrogen-bond acceptors (Lipinski definition) is 5. The number of nitrogens with zero attached hydrogens (tertiary/aromatic N) is 1. The number of carbonyl (C=O) groups is 1. The number of benzene rings is 3. The van der Waals surface area contributed by atoms with E-state index >= 15 is 0 Å². The van der Waals surface area contributed by atoms with Gasteiger partial charge in [0.25, 0.3) is 5.91 Å². The van der Waals surface area contributed by atoms with Crippen LogP contribution in [-0.2, 0) is 16.2 Å². The zero-order valence-corrected chi connectivity index (χ0v) is 18.1. The van der Waals surface area contributed by atoms with E-state index in [-0.39, 0.29) is 30.0 Å². The van der Waals surface area contributed by atoms with E-state index in [1.165, 1.54) is 12.3 Å². The molecule has 32 heavy (non-hydrogen) atoms. The number of oxime groups is 1. The van der Waals surface area contributed by atoms with Crippen molar-refractivity contribution in [3.05, 3.63) is 88.7 Å². The van der Waals surface area contributed by atoms with Crippen molar-refractivity contribution < 1.29 is 23.5 Å². The van der Waals surface area contributed by atoms with Crippen LogP contribution in [0.4, 0.5) is 10.1 Å². The van der Waals surface area contributed by atoms with E-state index in [9.17, 15) is 9.18 Å². The maximum atomic E-state index is 13.9. The average molecular weight is 457 g/mol. The lowest BCUT2D eigenvalue weighted by molar-refractivity contribution is -0.120. The second-order valence-corrected chi connectivity index (χ2v) is 6.97. The standard InChI is InChI=1S/C24H22ClFN2O4/c1-2-30-22-13-17(14-27-32-16-23(29)28-19-9-4-3-5-10-19)12-20(25)24(22)31-15-18-8-6-7-11-21(18)26/h3-14H,2,15-16H2,1H3,(H,28,29). The second-order valence-electron chi connectivity index (χ2n) is 6.57. The molecule has 8 heteroatoms. The molecule has 0 saturated carbocycles. The van der Waals surface area contributed by atoms with E-state index in [2.05, 4.69) is 10.5 Å². The number of amides is 1. The molecule has 0 bridgehead atoms. The van der Waals surface area contributed by atoms with E-state index in [0.717, 1.165) is 0 Å². The Balaban J connectivity index is 1.61. The van der Waals surface area contributed by atoms with Crippen LogP contribution in [-0.4, -0.2) is 25.3 Å². The maximum Gasteiger partial charge on any atom is 0.265 e. The van der Waals surface area contributed by atoms with Crippen LogP contribution >= 0.6 is 11.6 Å². The Hall–Kier alpha value is -3.58. The first-order chi connectivity index (χ1) is 15.6. The maximum absolute atomic E-state index is 13.9. The highest BCUT2D eigenvalue weighted by molar-refractivity contribution is 6.32. The van der Waals surface area contributed by atoms with E-state index in [1.807, 2.05) is 25.1 Å². The summed E-state index contributed by atoms with van der Waals surface area (Å²) in [6.07, 6.45) is 1.41. The van der Waals surface area contributed by atoms with Gasteiger partial charge in [0.1, 0.15) is 12.4 Å². The van der Waals surface area contributed by atoms with Gasteiger partial charge < -0.3 is 19.6 Å². The third kappa shape index (κ3) is 6.72. The van der Waals surface area contributed by atoms with Crippen LogP contribution in [0.2, 0.25) is 5.02 Å². The fraction of sp³-hybridized carbons (Fsp3) is 0.167. The van der Waals surface area contributed by atoms with Gasteiger partial charge in [0, 0.05) is 16.8 Å². The van der Waals surface area contributed by atoms with Gasteiger partial charge >= 0.3 is 0 Å². The topological polar surface area (TPSA) is 69.2 Å². The molecule has 0 aliphatic rings. The molecule has 0 saturated heterocycles. The molecule has 0 unspecified atom stereocenters. The molecule has 0 radical (unpaired) electrons. The Labute approximate surface area is 190 Å². The number of carbonyl (C=O) groups excluding carboxylic acids is 1. The van der Waals surface area contributed by atoms with Crippen molar-refractivity contribution in [2.45, 2.75) is 13.5 Å². The summed E-state index contributed by atoms with van der Waals surface area (Å²) >= 11 is 6.36. The number of anilines is 1. The number of nitrogens with one attached hydrogen (secondary N) is 1. The Kier molecular flexibility index (Phi) is 8.45. The van der Waals surface area contributed by atoms with Gasteiger partial charge in [-0.05, 0) is 37.3 Å². The Morgan fingerprint density at radius 3 is 2.59 bits per heavy atom. The molecule has 0 fully saturated rings. The van der Waals surface area contributed by atoms with E-state index in [4.69, 9.17) is 25.9 Å². The van der Waals surface area contributed by atoms with Crippen molar-refractivity contribution in [2.24, 2.45) is 5.16 Å². The molecule has 0 atom stereocenters. The van der Waals surface area contributed by atoms with Gasteiger partial charge in [-0.15, -0.1) is 0 Å². The molecule has 1 amide bonds. The van der Waals surface area contributed by atoms with Crippen molar-refractivity contribution >= 4 is 29.4 Å². The van der Waals surface area contributed by atoms with Gasteiger partial charge in [-0.25, -0.2) is 4.39 Å². The highest BCUT2D eigenvalue weighted by atomic mass is 35.5. The van der Waals surface area contributed by atoms with Crippen LogP contribution in [0.25, 0.3) is 0 Å². The highest BCUT2D eigenvalue weighted by Gasteiger charge is 2.13. The summed E-state index contributed by atoms with van der Waals surface area (Å²) in [4.78, 5) is 16.9. The van der Waals surface area contributed by atoms with Gasteiger partial charge in [0.05, 0.1) is 17.8 Å². The molecule has 0 aliphatic heterocycles. The lowest BCUT2D eigenvalue weighted by Crippen LogP contribution is -2.16. The first-order valence-electron chi connectivity index (χ1n) is 9.89. The van der Waals surface area contributed by atoms with Crippen molar-refractivity contribution in [3.8, 4) is 11.5 Å². The van der Waals surface area contributed by atoms with Gasteiger partial charge in [0.2, 0.25) is 0 Å². The molecule has 166 valence electrons.